The van der Waals surface area contributed by atoms with Crippen LogP contribution in [0.5, 0.6) is 0 Å². The number of aromatic amines is 1. The van der Waals surface area contributed by atoms with Crippen LogP contribution < -0.4 is 10.6 Å². The summed E-state index contributed by atoms with van der Waals surface area (Å²) in [6.07, 6.45) is -9.52. The number of para-hydroxylation sites is 1. The van der Waals surface area contributed by atoms with Crippen molar-refractivity contribution in [1.82, 2.24) is 20.5 Å². The van der Waals surface area contributed by atoms with E-state index in [1.54, 1.807) is 31.3 Å². The number of alkyl halides is 8. The number of likely N-dealkylation sites (tertiary alicyclic amines) is 1. The van der Waals surface area contributed by atoms with Crippen LogP contribution in [0.4, 0.5) is 35.1 Å². The molecule has 17 heteroatoms. The molecule has 256 valence electrons. The molecule has 2 heterocycles. The molecule has 0 spiro atoms. The van der Waals surface area contributed by atoms with Crippen molar-refractivity contribution in [2.45, 2.75) is 62.1 Å². The smallest absolute Gasteiger partial charge is 0.475 e. The van der Waals surface area contributed by atoms with E-state index >= 15 is 0 Å². The minimum absolute atomic E-state index is 0.170. The van der Waals surface area contributed by atoms with Crippen LogP contribution in [0.1, 0.15) is 24.0 Å². The van der Waals surface area contributed by atoms with Gasteiger partial charge in [-0.15, -0.1) is 0 Å². The van der Waals surface area contributed by atoms with Gasteiger partial charge in [0.25, 0.3) is 0 Å². The number of halogens is 8. The SMILES string of the molecule is CN[C@H](Cc1ccccc1)C(=O)N1CCC[C@H]1C(=O)NC(Cc1c[nH]c2ccccc12)C(=O)C(F)(F)C(F)(F)F.O=C(O)C(F)(F)F. The van der Waals surface area contributed by atoms with Crippen LogP contribution >= 0.6 is 0 Å². The number of carbonyl (C=O) groups is 4. The number of amides is 2. The van der Waals surface area contributed by atoms with Crippen LogP contribution in [0, 0.1) is 0 Å². The Morgan fingerprint density at radius 2 is 1.51 bits per heavy atom. The highest BCUT2D eigenvalue weighted by Gasteiger charge is 2.64. The summed E-state index contributed by atoms with van der Waals surface area (Å²) in [7, 11) is 1.59. The van der Waals surface area contributed by atoms with E-state index in [0.717, 1.165) is 5.56 Å². The number of carboxylic acid groups (broad SMARTS) is 1. The molecule has 47 heavy (non-hydrogen) atoms. The van der Waals surface area contributed by atoms with Gasteiger partial charge in [-0.25, -0.2) is 4.79 Å². The van der Waals surface area contributed by atoms with Crippen LogP contribution in [0.15, 0.2) is 60.8 Å². The molecule has 0 radical (unpaired) electrons. The zero-order chi connectivity index (χ0) is 35.2. The van der Waals surface area contributed by atoms with Crippen molar-refractivity contribution < 1.29 is 59.4 Å². The lowest BCUT2D eigenvalue weighted by molar-refractivity contribution is -0.269. The van der Waals surface area contributed by atoms with Gasteiger partial charge < -0.3 is 25.6 Å². The first-order valence-corrected chi connectivity index (χ1v) is 14.0. The Labute approximate surface area is 262 Å². The fraction of sp³-hybridized carbons (Fsp3) is 0.400. The number of hydrogen-bond donors (Lipinski definition) is 4. The molecule has 0 bridgehead atoms. The number of aromatic nitrogens is 1. The Morgan fingerprint density at radius 1 is 0.915 bits per heavy atom. The molecule has 1 aliphatic rings. The highest BCUT2D eigenvalue weighted by molar-refractivity contribution is 5.97. The number of ketones is 1. The lowest BCUT2D eigenvalue weighted by atomic mass is 9.97. The summed E-state index contributed by atoms with van der Waals surface area (Å²) in [4.78, 5) is 52.3. The van der Waals surface area contributed by atoms with E-state index in [2.05, 4.69) is 15.6 Å². The van der Waals surface area contributed by atoms with Crippen LogP contribution in [0.25, 0.3) is 10.9 Å². The number of rotatable bonds is 10. The second-order valence-electron chi connectivity index (χ2n) is 10.6. The highest BCUT2D eigenvalue weighted by Crippen LogP contribution is 2.37. The minimum Gasteiger partial charge on any atom is -0.475 e. The van der Waals surface area contributed by atoms with Gasteiger partial charge in [0.1, 0.15) is 6.04 Å². The Bertz CT molecular complexity index is 1560. The van der Waals surface area contributed by atoms with E-state index in [0.29, 0.717) is 23.7 Å². The van der Waals surface area contributed by atoms with Gasteiger partial charge in [0.15, 0.2) is 0 Å². The topological polar surface area (TPSA) is 132 Å². The molecule has 0 saturated carbocycles. The number of nitrogens with zero attached hydrogens (tertiary/aromatic N) is 1. The number of hydrogen-bond acceptors (Lipinski definition) is 5. The number of carboxylic acids is 1. The van der Waals surface area contributed by atoms with Gasteiger partial charge in [-0.1, -0.05) is 48.5 Å². The fourth-order valence-corrected chi connectivity index (χ4v) is 5.02. The average molecular weight is 679 g/mol. The third kappa shape index (κ3) is 9.05. The predicted molar refractivity (Wildman–Crippen MR) is 151 cm³/mol. The maximum absolute atomic E-state index is 14.2. The van der Waals surface area contributed by atoms with Crippen molar-refractivity contribution in [3.8, 4) is 0 Å². The summed E-state index contributed by atoms with van der Waals surface area (Å²) in [5, 5.41) is 12.7. The van der Waals surface area contributed by atoms with Gasteiger partial charge in [-0.05, 0) is 43.5 Å². The summed E-state index contributed by atoms with van der Waals surface area (Å²) in [6, 6.07) is 11.8. The maximum atomic E-state index is 14.2. The number of nitrogens with one attached hydrogen (secondary N) is 3. The molecule has 0 aliphatic carbocycles. The van der Waals surface area contributed by atoms with Crippen molar-refractivity contribution in [2.75, 3.05) is 13.6 Å². The average Bonchev–Trinajstić information content (AvgIpc) is 3.66. The maximum Gasteiger partial charge on any atom is 0.490 e. The standard InChI is InChI=1S/C28H29F5N4O3.C2HF3O2/c1-34-22(14-17-8-3-2-4-9-17)26(40)37-13-7-12-23(37)25(39)36-21(24(38)27(29,30)28(31,32)33)15-18-16-35-20-11-6-5-10-19(18)20;3-2(4,5)1(6)7/h2-6,8-11,16,21-23,34-35H,7,12-15H2,1H3,(H,36,39);(H,6,7)/t21?,22-,23+;/m1./s1. The third-order valence-corrected chi connectivity index (χ3v) is 7.41. The van der Waals surface area contributed by atoms with Gasteiger partial charge in [0, 0.05) is 30.1 Å². The number of benzene rings is 2. The first kappa shape index (κ1) is 36.9. The highest BCUT2D eigenvalue weighted by atomic mass is 19.4. The zero-order valence-corrected chi connectivity index (χ0v) is 24.6. The molecule has 2 amide bonds. The van der Waals surface area contributed by atoms with E-state index < -0.39 is 66.4 Å². The van der Waals surface area contributed by atoms with Gasteiger partial charge in [-0.2, -0.15) is 35.1 Å². The fourth-order valence-electron chi connectivity index (χ4n) is 5.02. The molecule has 1 aliphatic heterocycles. The third-order valence-electron chi connectivity index (χ3n) is 7.41. The molecular weight excluding hydrogens is 648 g/mol. The molecule has 4 rings (SSSR count). The predicted octanol–water partition coefficient (Wildman–Crippen LogP) is 4.42. The Balaban J connectivity index is 0.000000771. The monoisotopic (exact) mass is 678 g/mol. The summed E-state index contributed by atoms with van der Waals surface area (Å²) < 4.78 is 99.6. The number of aliphatic carboxylic acids is 1. The van der Waals surface area contributed by atoms with Crippen molar-refractivity contribution >= 4 is 34.5 Å². The van der Waals surface area contributed by atoms with Crippen LogP contribution in [-0.4, -0.2) is 88.6 Å². The van der Waals surface area contributed by atoms with Gasteiger partial charge in [-0.3, -0.25) is 14.4 Å². The second-order valence-corrected chi connectivity index (χ2v) is 10.6. The van der Waals surface area contributed by atoms with Gasteiger partial charge >= 0.3 is 24.2 Å². The number of likely N-dealkylation sites (N-methyl/N-ethyl adjacent to an activating group) is 1. The molecule has 1 aromatic heterocycles. The molecule has 4 N–H and O–H groups in total. The normalized spacial score (nSPS) is 16.6. The molecule has 1 unspecified atom stereocenters. The number of Topliss-reactive ketones (excluding diaryl/α,β-unsaturated/α-hetero) is 1. The van der Waals surface area contributed by atoms with Gasteiger partial charge in [0.2, 0.25) is 17.6 Å². The molecule has 3 atom stereocenters. The summed E-state index contributed by atoms with van der Waals surface area (Å²) in [5.41, 5.74) is 1.74. The molecule has 2 aromatic carbocycles. The zero-order valence-electron chi connectivity index (χ0n) is 24.6. The lowest BCUT2D eigenvalue weighted by Gasteiger charge is -2.30. The Kier molecular flexibility index (Phi) is 11.7. The quantitative estimate of drug-likeness (QED) is 0.235. The Hall–Kier alpha value is -4.54. The van der Waals surface area contributed by atoms with Crippen LogP contribution in [0.2, 0.25) is 0 Å². The molecule has 3 aromatic rings. The lowest BCUT2D eigenvalue weighted by Crippen LogP contribution is -2.58. The van der Waals surface area contributed by atoms with E-state index in [-0.39, 0.29) is 18.5 Å². The van der Waals surface area contributed by atoms with E-state index in [9.17, 15) is 49.5 Å². The first-order chi connectivity index (χ1) is 21.9. The molecule has 1 fully saturated rings. The molecule has 1 saturated heterocycles. The first-order valence-electron chi connectivity index (χ1n) is 14.0. The summed E-state index contributed by atoms with van der Waals surface area (Å²) in [5.74, 6) is -12.3. The minimum atomic E-state index is -6.14. The molecular formula is C30H30F8N4O5. The van der Waals surface area contributed by atoms with E-state index in [4.69, 9.17) is 9.90 Å². The van der Waals surface area contributed by atoms with Crippen molar-refractivity contribution in [3.05, 3.63) is 71.9 Å². The van der Waals surface area contributed by atoms with E-state index in [1.807, 2.05) is 30.3 Å². The van der Waals surface area contributed by atoms with Crippen LogP contribution in [0.3, 0.4) is 0 Å². The second kappa shape index (κ2) is 14.9. The van der Waals surface area contributed by atoms with Crippen molar-refractivity contribution in [1.29, 1.82) is 0 Å². The summed E-state index contributed by atoms with van der Waals surface area (Å²) >= 11 is 0. The number of H-pyrrole nitrogens is 1. The van der Waals surface area contributed by atoms with Crippen LogP contribution in [-0.2, 0) is 32.0 Å². The van der Waals surface area contributed by atoms with Crippen molar-refractivity contribution in [3.63, 3.8) is 0 Å². The Morgan fingerprint density at radius 3 is 2.09 bits per heavy atom. The van der Waals surface area contributed by atoms with Crippen molar-refractivity contribution in [2.24, 2.45) is 0 Å². The molecule has 9 nitrogen and oxygen atoms in total. The summed E-state index contributed by atoms with van der Waals surface area (Å²) in [6.45, 7) is 0.198. The van der Waals surface area contributed by atoms with Gasteiger partial charge in [0.05, 0.1) is 12.1 Å². The number of carbonyl (C=O) groups excluding carboxylic acids is 3. The van der Waals surface area contributed by atoms with E-state index in [1.165, 1.54) is 11.1 Å². The largest absolute Gasteiger partial charge is 0.490 e. The number of fused-ring (bicyclic) bond motifs is 1.